The predicted octanol–water partition coefficient (Wildman–Crippen LogP) is 4.27. The minimum Gasteiger partial charge on any atom is -0.420 e. The Bertz CT molecular complexity index is 143. The lowest BCUT2D eigenvalue weighted by Gasteiger charge is -2.26. The van der Waals surface area contributed by atoms with E-state index >= 15 is 0 Å². The van der Waals surface area contributed by atoms with E-state index in [2.05, 4.69) is 13.8 Å². The van der Waals surface area contributed by atoms with Gasteiger partial charge < -0.3 is 4.43 Å². The minimum absolute atomic E-state index is 0.779. The van der Waals surface area contributed by atoms with E-state index < -0.39 is 9.04 Å². The van der Waals surface area contributed by atoms with Crippen molar-refractivity contribution >= 4 is 9.04 Å². The van der Waals surface area contributed by atoms with E-state index in [0.717, 1.165) is 12.1 Å². The largest absolute Gasteiger partial charge is 0.420 e. The molecule has 1 fully saturated rings. The Kier molecular flexibility index (Phi) is 7.37. The molecule has 0 saturated carbocycles. The maximum Gasteiger partial charge on any atom is 0.179 e. The maximum atomic E-state index is 5.96. The average Bonchev–Trinajstić information content (AvgIpc) is 2.30. The van der Waals surface area contributed by atoms with E-state index in [1.807, 2.05) is 0 Å². The normalized spacial score (nSPS) is 24.0. The molecule has 0 aromatic rings. The Balaban J connectivity index is 1.99. The standard InChI is InChI=1S/C13H28OSi/c1-3-4-5-6-7-10-13(2)15-12-9-8-11-14-15/h13,15H,3-12H2,1-2H3. The fourth-order valence-electron chi connectivity index (χ4n) is 2.47. The third-order valence-electron chi connectivity index (χ3n) is 3.61. The van der Waals surface area contributed by atoms with E-state index in [9.17, 15) is 0 Å². The SMILES string of the molecule is CCCCCCCC(C)[SiH]1CCCCO1. The molecule has 1 saturated heterocycles. The van der Waals surface area contributed by atoms with Crippen LogP contribution in [0.5, 0.6) is 0 Å². The first-order valence-electron chi connectivity index (χ1n) is 6.96. The highest BCUT2D eigenvalue weighted by atomic mass is 28.3. The molecule has 2 heteroatoms. The van der Waals surface area contributed by atoms with Crippen molar-refractivity contribution in [1.82, 2.24) is 0 Å². The zero-order chi connectivity index (χ0) is 10.9. The first-order valence-corrected chi connectivity index (χ1v) is 8.91. The molecule has 0 radical (unpaired) electrons. The molecule has 15 heavy (non-hydrogen) atoms. The van der Waals surface area contributed by atoms with Gasteiger partial charge in [0.2, 0.25) is 0 Å². The Labute approximate surface area is 97.3 Å². The molecular formula is C13H28OSi. The zero-order valence-electron chi connectivity index (χ0n) is 10.6. The summed E-state index contributed by atoms with van der Waals surface area (Å²) in [6.45, 7) is 5.78. The molecule has 1 nitrogen and oxygen atoms in total. The van der Waals surface area contributed by atoms with Gasteiger partial charge in [0.25, 0.3) is 0 Å². The molecule has 0 aromatic carbocycles. The smallest absolute Gasteiger partial charge is 0.179 e. The van der Waals surface area contributed by atoms with E-state index in [1.54, 1.807) is 0 Å². The molecule has 0 bridgehead atoms. The van der Waals surface area contributed by atoms with Crippen molar-refractivity contribution < 1.29 is 4.43 Å². The third-order valence-corrected chi connectivity index (χ3v) is 6.86. The van der Waals surface area contributed by atoms with Gasteiger partial charge in [-0.1, -0.05) is 58.8 Å². The van der Waals surface area contributed by atoms with Crippen LogP contribution < -0.4 is 0 Å². The van der Waals surface area contributed by atoms with Crippen LogP contribution in [-0.4, -0.2) is 15.6 Å². The summed E-state index contributed by atoms with van der Waals surface area (Å²) >= 11 is 0. The van der Waals surface area contributed by atoms with Crippen LogP contribution in [0.2, 0.25) is 11.6 Å². The Hall–Kier alpha value is 0.177. The van der Waals surface area contributed by atoms with Crippen LogP contribution in [-0.2, 0) is 4.43 Å². The van der Waals surface area contributed by atoms with Crippen LogP contribution in [0.25, 0.3) is 0 Å². The summed E-state index contributed by atoms with van der Waals surface area (Å²) < 4.78 is 5.96. The molecule has 1 aliphatic rings. The van der Waals surface area contributed by atoms with Crippen LogP contribution in [0.3, 0.4) is 0 Å². The lowest BCUT2D eigenvalue weighted by molar-refractivity contribution is 0.278. The van der Waals surface area contributed by atoms with Gasteiger partial charge in [0, 0.05) is 6.61 Å². The second-order valence-electron chi connectivity index (χ2n) is 5.09. The molecule has 1 heterocycles. The lowest BCUT2D eigenvalue weighted by atomic mass is 10.1. The van der Waals surface area contributed by atoms with Crippen molar-refractivity contribution in [2.75, 3.05) is 6.61 Å². The van der Waals surface area contributed by atoms with Crippen LogP contribution in [0, 0.1) is 0 Å². The second kappa shape index (κ2) is 8.34. The fourth-order valence-corrected chi connectivity index (χ4v) is 5.30. The summed E-state index contributed by atoms with van der Waals surface area (Å²) in [5, 5.41) is 0. The zero-order valence-corrected chi connectivity index (χ0v) is 11.8. The monoisotopic (exact) mass is 228 g/mol. The van der Waals surface area contributed by atoms with Crippen molar-refractivity contribution in [3.8, 4) is 0 Å². The van der Waals surface area contributed by atoms with Crippen LogP contribution in [0.1, 0.15) is 65.2 Å². The lowest BCUT2D eigenvalue weighted by Crippen LogP contribution is -2.27. The van der Waals surface area contributed by atoms with Gasteiger partial charge in [-0.25, -0.2) is 0 Å². The highest BCUT2D eigenvalue weighted by Gasteiger charge is 2.22. The van der Waals surface area contributed by atoms with Gasteiger partial charge in [-0.05, 0) is 18.0 Å². The van der Waals surface area contributed by atoms with Crippen molar-refractivity contribution in [2.24, 2.45) is 0 Å². The third kappa shape index (κ3) is 5.72. The van der Waals surface area contributed by atoms with Gasteiger partial charge in [-0.2, -0.15) is 0 Å². The fraction of sp³-hybridized carbons (Fsp3) is 1.00. The van der Waals surface area contributed by atoms with E-state index in [-0.39, 0.29) is 0 Å². The number of hydrogen-bond acceptors (Lipinski definition) is 1. The predicted molar refractivity (Wildman–Crippen MR) is 69.9 cm³/mol. The van der Waals surface area contributed by atoms with Crippen LogP contribution in [0.15, 0.2) is 0 Å². The van der Waals surface area contributed by atoms with Crippen molar-refractivity contribution in [3.05, 3.63) is 0 Å². The summed E-state index contributed by atoms with van der Waals surface area (Å²) in [7, 11) is -0.779. The molecule has 1 aliphatic heterocycles. The van der Waals surface area contributed by atoms with E-state index in [0.29, 0.717) is 0 Å². The summed E-state index contributed by atoms with van der Waals surface area (Å²) in [5.41, 5.74) is 0.923. The molecule has 0 amide bonds. The minimum atomic E-state index is -0.779. The topological polar surface area (TPSA) is 9.23 Å². The first-order chi connectivity index (χ1) is 7.34. The van der Waals surface area contributed by atoms with Gasteiger partial charge in [0.05, 0.1) is 0 Å². The molecule has 2 atom stereocenters. The van der Waals surface area contributed by atoms with Gasteiger partial charge in [0.1, 0.15) is 0 Å². The first kappa shape index (κ1) is 13.2. The van der Waals surface area contributed by atoms with Crippen LogP contribution in [0.4, 0.5) is 0 Å². The summed E-state index contributed by atoms with van der Waals surface area (Å²) in [5.74, 6) is 0. The molecule has 0 N–H and O–H groups in total. The summed E-state index contributed by atoms with van der Waals surface area (Å²) in [6, 6.07) is 1.44. The quantitative estimate of drug-likeness (QED) is 0.467. The van der Waals surface area contributed by atoms with Crippen molar-refractivity contribution in [3.63, 3.8) is 0 Å². The van der Waals surface area contributed by atoms with Crippen molar-refractivity contribution in [1.29, 1.82) is 0 Å². The average molecular weight is 228 g/mol. The van der Waals surface area contributed by atoms with Gasteiger partial charge in [-0.3, -0.25) is 0 Å². The van der Waals surface area contributed by atoms with Crippen LogP contribution >= 0.6 is 0 Å². The van der Waals surface area contributed by atoms with E-state index in [1.165, 1.54) is 57.4 Å². The second-order valence-corrected chi connectivity index (χ2v) is 8.21. The number of rotatable bonds is 7. The molecule has 0 aliphatic carbocycles. The highest BCUT2D eigenvalue weighted by molar-refractivity contribution is 6.53. The van der Waals surface area contributed by atoms with E-state index in [4.69, 9.17) is 4.43 Å². The number of hydrogen-bond donors (Lipinski definition) is 0. The Morgan fingerprint density at radius 3 is 2.60 bits per heavy atom. The Morgan fingerprint density at radius 1 is 1.13 bits per heavy atom. The summed E-state index contributed by atoms with van der Waals surface area (Å²) in [4.78, 5) is 0. The highest BCUT2D eigenvalue weighted by Crippen LogP contribution is 2.26. The molecular weight excluding hydrogens is 200 g/mol. The Morgan fingerprint density at radius 2 is 1.93 bits per heavy atom. The van der Waals surface area contributed by atoms with Crippen molar-refractivity contribution in [2.45, 2.75) is 76.8 Å². The molecule has 0 spiro atoms. The molecule has 0 aromatic heterocycles. The maximum absolute atomic E-state index is 5.96. The molecule has 1 rings (SSSR count). The molecule has 90 valence electrons. The molecule has 2 unspecified atom stereocenters. The van der Waals surface area contributed by atoms with Gasteiger partial charge in [0.15, 0.2) is 9.04 Å². The van der Waals surface area contributed by atoms with Gasteiger partial charge in [-0.15, -0.1) is 0 Å². The van der Waals surface area contributed by atoms with Gasteiger partial charge >= 0.3 is 0 Å². The number of unbranched alkanes of at least 4 members (excludes halogenated alkanes) is 4. The summed E-state index contributed by atoms with van der Waals surface area (Å²) in [6.07, 6.45) is 11.3.